The number of esters is 1. The second-order valence-corrected chi connectivity index (χ2v) is 5.38. The van der Waals surface area contributed by atoms with Gasteiger partial charge in [-0.1, -0.05) is 27.7 Å². The van der Waals surface area contributed by atoms with Gasteiger partial charge in [0.25, 0.3) is 0 Å². The van der Waals surface area contributed by atoms with Gasteiger partial charge in [-0.3, -0.25) is 9.59 Å². The largest absolute Gasteiger partial charge is 0.466 e. The van der Waals surface area contributed by atoms with Crippen molar-refractivity contribution in [3.8, 4) is 0 Å². The highest BCUT2D eigenvalue weighted by molar-refractivity contribution is 5.77. The Balaban J connectivity index is 3.78. The zero-order valence-corrected chi connectivity index (χ0v) is 11.6. The summed E-state index contributed by atoms with van der Waals surface area (Å²) in [5.41, 5.74) is 0.123. The minimum Gasteiger partial charge on any atom is -0.466 e. The summed E-state index contributed by atoms with van der Waals surface area (Å²) in [6, 6.07) is 0. The van der Waals surface area contributed by atoms with E-state index in [1.54, 1.807) is 6.92 Å². The highest BCUT2D eigenvalue weighted by Gasteiger charge is 2.22. The Labute approximate surface area is 104 Å². The topological polar surface area (TPSA) is 55.4 Å². The molecule has 0 fully saturated rings. The standard InChI is InChI=1S/C13H25NO3/c1-6-17-12(16)7-8-14-11(15)9-10(2)13(3,4)5/h10H,6-9H2,1-5H3,(H,14,15). The average molecular weight is 243 g/mol. The molecule has 0 aromatic rings. The lowest BCUT2D eigenvalue weighted by atomic mass is 9.80. The summed E-state index contributed by atoms with van der Waals surface area (Å²) in [7, 11) is 0. The van der Waals surface area contributed by atoms with Gasteiger partial charge in [0, 0.05) is 13.0 Å². The molecule has 0 heterocycles. The predicted molar refractivity (Wildman–Crippen MR) is 67.5 cm³/mol. The first-order valence-electron chi connectivity index (χ1n) is 6.19. The van der Waals surface area contributed by atoms with Gasteiger partial charge in [0.2, 0.25) is 5.91 Å². The Morgan fingerprint density at radius 1 is 1.29 bits per heavy atom. The predicted octanol–water partition coefficient (Wildman–Crippen LogP) is 2.13. The Bertz CT molecular complexity index is 256. The van der Waals surface area contributed by atoms with Crippen LogP contribution in [0.4, 0.5) is 0 Å². The minimum absolute atomic E-state index is 0.00303. The van der Waals surface area contributed by atoms with E-state index in [2.05, 4.69) is 33.0 Å². The molecule has 4 nitrogen and oxygen atoms in total. The molecular formula is C13H25NO3. The molecule has 1 N–H and O–H groups in total. The fraction of sp³-hybridized carbons (Fsp3) is 0.846. The normalized spacial score (nSPS) is 13.0. The Morgan fingerprint density at radius 3 is 2.35 bits per heavy atom. The smallest absolute Gasteiger partial charge is 0.307 e. The van der Waals surface area contributed by atoms with Gasteiger partial charge in [0.1, 0.15) is 0 Å². The van der Waals surface area contributed by atoms with Crippen molar-refractivity contribution in [2.75, 3.05) is 13.2 Å². The summed E-state index contributed by atoms with van der Waals surface area (Å²) in [5, 5.41) is 2.74. The van der Waals surface area contributed by atoms with E-state index in [1.165, 1.54) is 0 Å². The average Bonchev–Trinajstić information content (AvgIpc) is 2.16. The monoisotopic (exact) mass is 243 g/mol. The fourth-order valence-corrected chi connectivity index (χ4v) is 1.19. The number of ether oxygens (including phenoxy) is 1. The van der Waals surface area contributed by atoms with E-state index in [9.17, 15) is 9.59 Å². The van der Waals surface area contributed by atoms with Crippen LogP contribution in [0.15, 0.2) is 0 Å². The summed E-state index contributed by atoms with van der Waals surface area (Å²) in [4.78, 5) is 22.6. The third kappa shape index (κ3) is 7.77. The van der Waals surface area contributed by atoms with Crippen LogP contribution >= 0.6 is 0 Å². The summed E-state index contributed by atoms with van der Waals surface area (Å²) >= 11 is 0. The Morgan fingerprint density at radius 2 is 1.88 bits per heavy atom. The van der Waals surface area contributed by atoms with Crippen LogP contribution < -0.4 is 5.32 Å². The zero-order valence-electron chi connectivity index (χ0n) is 11.6. The molecule has 1 atom stereocenters. The van der Waals surface area contributed by atoms with Gasteiger partial charge >= 0.3 is 5.97 Å². The molecule has 0 aromatic heterocycles. The van der Waals surface area contributed by atoms with Crippen molar-refractivity contribution in [2.45, 2.75) is 47.5 Å². The van der Waals surface area contributed by atoms with Crippen LogP contribution in [0.5, 0.6) is 0 Å². The Hall–Kier alpha value is -1.06. The van der Waals surface area contributed by atoms with Crippen molar-refractivity contribution in [3.05, 3.63) is 0 Å². The first-order valence-corrected chi connectivity index (χ1v) is 6.19. The van der Waals surface area contributed by atoms with Crippen LogP contribution in [0.2, 0.25) is 0 Å². The van der Waals surface area contributed by atoms with Gasteiger partial charge in [0.15, 0.2) is 0 Å². The molecule has 4 heteroatoms. The lowest BCUT2D eigenvalue weighted by molar-refractivity contribution is -0.143. The van der Waals surface area contributed by atoms with E-state index in [4.69, 9.17) is 4.74 Å². The molecule has 0 aliphatic rings. The van der Waals surface area contributed by atoms with Crippen LogP contribution in [0, 0.1) is 11.3 Å². The maximum atomic E-state index is 11.6. The molecule has 1 amide bonds. The molecule has 17 heavy (non-hydrogen) atoms. The number of nitrogens with one attached hydrogen (secondary N) is 1. The zero-order chi connectivity index (χ0) is 13.5. The van der Waals surface area contributed by atoms with E-state index >= 15 is 0 Å². The number of rotatable bonds is 6. The van der Waals surface area contributed by atoms with E-state index < -0.39 is 0 Å². The van der Waals surface area contributed by atoms with E-state index in [1.807, 2.05) is 0 Å². The molecule has 0 saturated heterocycles. The number of hydrogen-bond acceptors (Lipinski definition) is 3. The molecule has 0 aliphatic carbocycles. The fourth-order valence-electron chi connectivity index (χ4n) is 1.19. The third-order valence-corrected chi connectivity index (χ3v) is 2.93. The molecule has 0 aliphatic heterocycles. The van der Waals surface area contributed by atoms with Gasteiger partial charge in [-0.2, -0.15) is 0 Å². The second-order valence-electron chi connectivity index (χ2n) is 5.38. The highest BCUT2D eigenvalue weighted by Crippen LogP contribution is 2.27. The Kier molecular flexibility index (Phi) is 6.85. The summed E-state index contributed by atoms with van der Waals surface area (Å²) in [5.74, 6) is 0.0403. The van der Waals surface area contributed by atoms with Gasteiger partial charge in [-0.05, 0) is 18.3 Å². The molecule has 0 saturated carbocycles. The minimum atomic E-state index is -0.267. The van der Waals surface area contributed by atoms with Crippen molar-refractivity contribution in [1.29, 1.82) is 0 Å². The van der Waals surface area contributed by atoms with E-state index in [0.717, 1.165) is 0 Å². The van der Waals surface area contributed by atoms with Crippen molar-refractivity contribution in [2.24, 2.45) is 11.3 Å². The summed E-state index contributed by atoms with van der Waals surface area (Å²) in [6.45, 7) is 10.9. The van der Waals surface area contributed by atoms with Crippen molar-refractivity contribution >= 4 is 11.9 Å². The summed E-state index contributed by atoms with van der Waals surface area (Å²) < 4.78 is 4.77. The summed E-state index contributed by atoms with van der Waals surface area (Å²) in [6.07, 6.45) is 0.732. The number of amides is 1. The quantitative estimate of drug-likeness (QED) is 0.727. The number of carbonyl (C=O) groups excluding carboxylic acids is 2. The molecule has 100 valence electrons. The van der Waals surface area contributed by atoms with Gasteiger partial charge in [-0.25, -0.2) is 0 Å². The SMILES string of the molecule is CCOC(=O)CCNC(=O)CC(C)C(C)(C)C. The van der Waals surface area contributed by atoms with Crippen LogP contribution in [-0.4, -0.2) is 25.0 Å². The van der Waals surface area contributed by atoms with Crippen LogP contribution in [0.1, 0.15) is 47.5 Å². The third-order valence-electron chi connectivity index (χ3n) is 2.93. The molecule has 0 bridgehead atoms. The number of carbonyl (C=O) groups is 2. The second kappa shape index (κ2) is 7.30. The lowest BCUT2D eigenvalue weighted by Crippen LogP contribution is -2.30. The first-order chi connectivity index (χ1) is 7.77. The lowest BCUT2D eigenvalue weighted by Gasteiger charge is -2.26. The maximum absolute atomic E-state index is 11.6. The van der Waals surface area contributed by atoms with Gasteiger partial charge in [-0.15, -0.1) is 0 Å². The number of hydrogen-bond donors (Lipinski definition) is 1. The van der Waals surface area contributed by atoms with Crippen molar-refractivity contribution < 1.29 is 14.3 Å². The van der Waals surface area contributed by atoms with E-state index in [0.29, 0.717) is 25.5 Å². The van der Waals surface area contributed by atoms with Gasteiger partial charge in [0.05, 0.1) is 13.0 Å². The van der Waals surface area contributed by atoms with Crippen LogP contribution in [-0.2, 0) is 14.3 Å². The molecule has 1 unspecified atom stereocenters. The maximum Gasteiger partial charge on any atom is 0.307 e. The molecule has 0 rings (SSSR count). The van der Waals surface area contributed by atoms with Gasteiger partial charge < -0.3 is 10.1 Å². The van der Waals surface area contributed by atoms with Crippen LogP contribution in [0.3, 0.4) is 0 Å². The first kappa shape index (κ1) is 15.9. The van der Waals surface area contributed by atoms with Crippen LogP contribution in [0.25, 0.3) is 0 Å². The van der Waals surface area contributed by atoms with E-state index in [-0.39, 0.29) is 23.7 Å². The highest BCUT2D eigenvalue weighted by atomic mass is 16.5. The molecule has 0 aromatic carbocycles. The molecular weight excluding hydrogens is 218 g/mol. The molecule has 0 spiro atoms. The van der Waals surface area contributed by atoms with Crippen molar-refractivity contribution in [3.63, 3.8) is 0 Å². The van der Waals surface area contributed by atoms with Crippen molar-refractivity contribution in [1.82, 2.24) is 5.32 Å². The molecule has 0 radical (unpaired) electrons.